The summed E-state index contributed by atoms with van der Waals surface area (Å²) in [5, 5.41) is 8.06. The standard InChI is InChI=1S/C13H19N3O2S/c1-16(13(18)11-5-3-7-19-11)9-12(17)15-10-4-2-6-14-8-10/h3,5,7,10,14H,2,4,6,8-9H2,1H3,(H,15,17)/t10-/m0/s1. The van der Waals surface area contributed by atoms with Crippen molar-refractivity contribution >= 4 is 23.2 Å². The van der Waals surface area contributed by atoms with Crippen LogP contribution >= 0.6 is 11.3 Å². The van der Waals surface area contributed by atoms with E-state index in [9.17, 15) is 9.59 Å². The van der Waals surface area contributed by atoms with E-state index in [0.29, 0.717) is 4.88 Å². The first-order valence-corrected chi connectivity index (χ1v) is 7.34. The van der Waals surface area contributed by atoms with E-state index in [-0.39, 0.29) is 24.4 Å². The van der Waals surface area contributed by atoms with Gasteiger partial charge < -0.3 is 15.5 Å². The van der Waals surface area contributed by atoms with Crippen molar-refractivity contribution in [3.8, 4) is 0 Å². The highest BCUT2D eigenvalue weighted by molar-refractivity contribution is 7.12. The SMILES string of the molecule is CN(CC(=O)N[C@H]1CCCNC1)C(=O)c1cccs1. The Balaban J connectivity index is 1.79. The van der Waals surface area contributed by atoms with Gasteiger partial charge in [0.1, 0.15) is 0 Å². The van der Waals surface area contributed by atoms with Gasteiger partial charge in [0.05, 0.1) is 11.4 Å². The van der Waals surface area contributed by atoms with Gasteiger partial charge in [-0.15, -0.1) is 11.3 Å². The van der Waals surface area contributed by atoms with Crippen LogP contribution in [0.3, 0.4) is 0 Å². The highest BCUT2D eigenvalue weighted by Gasteiger charge is 2.19. The molecule has 1 fully saturated rings. The topological polar surface area (TPSA) is 61.4 Å². The molecule has 0 saturated carbocycles. The van der Waals surface area contributed by atoms with Crippen LogP contribution in [0.4, 0.5) is 0 Å². The minimum atomic E-state index is -0.105. The fourth-order valence-electron chi connectivity index (χ4n) is 2.12. The predicted octanol–water partition coefficient (Wildman–Crippen LogP) is 0.688. The zero-order chi connectivity index (χ0) is 13.7. The monoisotopic (exact) mass is 281 g/mol. The van der Waals surface area contributed by atoms with Gasteiger partial charge in [0.25, 0.3) is 5.91 Å². The number of amides is 2. The van der Waals surface area contributed by atoms with Crippen LogP contribution in [0, 0.1) is 0 Å². The highest BCUT2D eigenvalue weighted by atomic mass is 32.1. The van der Waals surface area contributed by atoms with Crippen LogP contribution in [0.25, 0.3) is 0 Å². The van der Waals surface area contributed by atoms with E-state index in [1.54, 1.807) is 13.1 Å². The normalized spacial score (nSPS) is 18.9. The number of hydrogen-bond donors (Lipinski definition) is 2. The third kappa shape index (κ3) is 4.04. The molecule has 2 rings (SSSR count). The zero-order valence-corrected chi connectivity index (χ0v) is 11.8. The van der Waals surface area contributed by atoms with Gasteiger partial charge in [-0.1, -0.05) is 6.07 Å². The fraction of sp³-hybridized carbons (Fsp3) is 0.538. The van der Waals surface area contributed by atoms with Gasteiger partial charge in [-0.25, -0.2) is 0 Å². The summed E-state index contributed by atoms with van der Waals surface area (Å²) in [5.74, 6) is -0.201. The molecule has 2 amide bonds. The Bertz CT molecular complexity index is 427. The second-order valence-electron chi connectivity index (χ2n) is 4.75. The van der Waals surface area contributed by atoms with Crippen LogP contribution < -0.4 is 10.6 Å². The molecule has 1 aliphatic heterocycles. The van der Waals surface area contributed by atoms with Gasteiger partial charge in [0.15, 0.2) is 0 Å². The minimum Gasteiger partial charge on any atom is -0.351 e. The molecule has 0 bridgehead atoms. The Kier molecular flexibility index (Phi) is 4.93. The Labute approximate surface area is 117 Å². The highest BCUT2D eigenvalue weighted by Crippen LogP contribution is 2.10. The summed E-state index contributed by atoms with van der Waals surface area (Å²) in [7, 11) is 1.65. The summed E-state index contributed by atoms with van der Waals surface area (Å²) in [6.45, 7) is 1.94. The first-order chi connectivity index (χ1) is 9.16. The molecule has 0 aliphatic carbocycles. The molecule has 2 N–H and O–H groups in total. The first kappa shape index (κ1) is 14.0. The van der Waals surface area contributed by atoms with Crippen LogP contribution in [0.2, 0.25) is 0 Å². The maximum Gasteiger partial charge on any atom is 0.264 e. The molecule has 0 unspecified atom stereocenters. The van der Waals surface area contributed by atoms with Crippen molar-refractivity contribution in [3.05, 3.63) is 22.4 Å². The lowest BCUT2D eigenvalue weighted by Crippen LogP contribution is -2.48. The lowest BCUT2D eigenvalue weighted by Gasteiger charge is -2.25. The summed E-state index contributed by atoms with van der Waals surface area (Å²) in [4.78, 5) is 26.0. The third-order valence-electron chi connectivity index (χ3n) is 3.12. The average molecular weight is 281 g/mol. The molecule has 0 aromatic carbocycles. The van der Waals surface area contributed by atoms with E-state index in [0.717, 1.165) is 25.9 Å². The Morgan fingerprint density at radius 2 is 2.42 bits per heavy atom. The van der Waals surface area contributed by atoms with Gasteiger partial charge in [-0.3, -0.25) is 9.59 Å². The van der Waals surface area contributed by atoms with E-state index >= 15 is 0 Å². The molecule has 1 aliphatic rings. The lowest BCUT2D eigenvalue weighted by molar-refractivity contribution is -0.122. The number of thiophene rings is 1. The van der Waals surface area contributed by atoms with Crippen molar-refractivity contribution < 1.29 is 9.59 Å². The van der Waals surface area contributed by atoms with Crippen molar-refractivity contribution in [2.45, 2.75) is 18.9 Å². The second-order valence-corrected chi connectivity index (χ2v) is 5.70. The maximum atomic E-state index is 12.0. The third-order valence-corrected chi connectivity index (χ3v) is 3.98. The lowest BCUT2D eigenvalue weighted by atomic mass is 10.1. The van der Waals surface area contributed by atoms with Gasteiger partial charge >= 0.3 is 0 Å². The average Bonchev–Trinajstić information content (AvgIpc) is 2.92. The molecular formula is C13H19N3O2S. The van der Waals surface area contributed by atoms with Crippen molar-refractivity contribution in [2.75, 3.05) is 26.7 Å². The molecule has 1 atom stereocenters. The van der Waals surface area contributed by atoms with Gasteiger partial charge in [-0.05, 0) is 30.8 Å². The van der Waals surface area contributed by atoms with Crippen molar-refractivity contribution in [1.82, 2.24) is 15.5 Å². The van der Waals surface area contributed by atoms with E-state index < -0.39 is 0 Å². The molecule has 1 aromatic heterocycles. The number of carbonyl (C=O) groups is 2. The molecule has 2 heterocycles. The molecule has 5 nitrogen and oxygen atoms in total. The summed E-state index contributed by atoms with van der Waals surface area (Å²) in [6, 6.07) is 3.79. The molecule has 1 saturated heterocycles. The van der Waals surface area contributed by atoms with Crippen LogP contribution in [0.5, 0.6) is 0 Å². The first-order valence-electron chi connectivity index (χ1n) is 6.46. The largest absolute Gasteiger partial charge is 0.351 e. The van der Waals surface area contributed by atoms with Gasteiger partial charge in [0, 0.05) is 19.6 Å². The maximum absolute atomic E-state index is 12.0. The number of nitrogens with one attached hydrogen (secondary N) is 2. The van der Waals surface area contributed by atoms with Crippen molar-refractivity contribution in [2.24, 2.45) is 0 Å². The Morgan fingerprint density at radius 3 is 3.05 bits per heavy atom. The Hall–Kier alpha value is -1.40. The molecule has 104 valence electrons. The summed E-state index contributed by atoms with van der Waals surface area (Å²) >= 11 is 1.39. The zero-order valence-electron chi connectivity index (χ0n) is 11.0. The molecule has 0 radical (unpaired) electrons. The second kappa shape index (κ2) is 6.68. The number of piperidine rings is 1. The predicted molar refractivity (Wildman–Crippen MR) is 75.3 cm³/mol. The van der Waals surface area contributed by atoms with Crippen LogP contribution in [0.1, 0.15) is 22.5 Å². The van der Waals surface area contributed by atoms with E-state index in [4.69, 9.17) is 0 Å². The summed E-state index contributed by atoms with van der Waals surface area (Å²) < 4.78 is 0. The number of hydrogen-bond acceptors (Lipinski definition) is 4. The van der Waals surface area contributed by atoms with Crippen molar-refractivity contribution in [1.29, 1.82) is 0 Å². The summed E-state index contributed by atoms with van der Waals surface area (Å²) in [5.41, 5.74) is 0. The molecule has 6 heteroatoms. The number of nitrogens with zero attached hydrogens (tertiary/aromatic N) is 1. The van der Waals surface area contributed by atoms with Crippen LogP contribution in [-0.4, -0.2) is 49.4 Å². The Morgan fingerprint density at radius 1 is 1.58 bits per heavy atom. The quantitative estimate of drug-likeness (QED) is 0.853. The van der Waals surface area contributed by atoms with E-state index in [1.807, 2.05) is 11.4 Å². The number of rotatable bonds is 4. The van der Waals surface area contributed by atoms with Crippen molar-refractivity contribution in [3.63, 3.8) is 0 Å². The molecule has 0 spiro atoms. The fourth-order valence-corrected chi connectivity index (χ4v) is 2.84. The molecule has 19 heavy (non-hydrogen) atoms. The minimum absolute atomic E-state index is 0.0962. The van der Waals surface area contributed by atoms with Crippen LogP contribution in [-0.2, 0) is 4.79 Å². The van der Waals surface area contributed by atoms with Gasteiger partial charge in [0.2, 0.25) is 5.91 Å². The summed E-state index contributed by atoms with van der Waals surface area (Å²) in [6.07, 6.45) is 2.08. The molecular weight excluding hydrogens is 262 g/mol. The smallest absolute Gasteiger partial charge is 0.264 e. The van der Waals surface area contributed by atoms with Crippen LogP contribution in [0.15, 0.2) is 17.5 Å². The number of likely N-dealkylation sites (N-methyl/N-ethyl adjacent to an activating group) is 1. The number of carbonyl (C=O) groups excluding carboxylic acids is 2. The van der Waals surface area contributed by atoms with E-state index in [2.05, 4.69) is 10.6 Å². The molecule has 1 aromatic rings. The van der Waals surface area contributed by atoms with E-state index in [1.165, 1.54) is 16.2 Å². The van der Waals surface area contributed by atoms with Gasteiger partial charge in [-0.2, -0.15) is 0 Å².